The summed E-state index contributed by atoms with van der Waals surface area (Å²) in [6, 6.07) is 12.0. The number of amides is 2. The van der Waals surface area contributed by atoms with Crippen LogP contribution in [0, 0.1) is 0 Å². The van der Waals surface area contributed by atoms with E-state index in [1.54, 1.807) is 48.5 Å². The summed E-state index contributed by atoms with van der Waals surface area (Å²) in [4.78, 5) is 25.8. The van der Waals surface area contributed by atoms with Crippen molar-refractivity contribution in [2.45, 2.75) is 38.8 Å². The van der Waals surface area contributed by atoms with Crippen molar-refractivity contribution in [2.75, 3.05) is 35.6 Å². The maximum atomic E-state index is 13.1. The number of rotatable bonds is 10. The van der Waals surface area contributed by atoms with E-state index in [4.69, 9.17) is 9.47 Å². The second-order valence-electron chi connectivity index (χ2n) is 8.04. The first kappa shape index (κ1) is 25.5. The Bertz CT molecular complexity index is 1100. The number of benzene rings is 2. The summed E-state index contributed by atoms with van der Waals surface area (Å²) in [5.74, 6) is -0.316. The Labute approximate surface area is 200 Å². The molecule has 9 nitrogen and oxygen atoms in total. The third-order valence-electron chi connectivity index (χ3n) is 5.43. The van der Waals surface area contributed by atoms with Gasteiger partial charge in [-0.1, -0.05) is 12.1 Å². The summed E-state index contributed by atoms with van der Waals surface area (Å²) < 4.78 is 37.1. The highest BCUT2D eigenvalue weighted by Crippen LogP contribution is 2.25. The molecule has 184 valence electrons. The molecule has 1 fully saturated rings. The molecule has 1 aliphatic heterocycles. The van der Waals surface area contributed by atoms with Crippen molar-refractivity contribution in [1.82, 2.24) is 5.32 Å². The first-order chi connectivity index (χ1) is 16.2. The number of nitrogens with zero attached hydrogens (tertiary/aromatic N) is 1. The number of nitrogens with one attached hydrogen (secondary N) is 2. The van der Waals surface area contributed by atoms with E-state index in [1.165, 1.54) is 6.92 Å². The van der Waals surface area contributed by atoms with Gasteiger partial charge in [-0.05, 0) is 63.1 Å². The average molecular weight is 490 g/mol. The minimum Gasteiger partial charge on any atom is -0.494 e. The molecule has 0 bridgehead atoms. The van der Waals surface area contributed by atoms with Crippen molar-refractivity contribution in [1.29, 1.82) is 0 Å². The smallest absolute Gasteiger partial charge is 0.253 e. The molecule has 0 unspecified atom stereocenters. The molecule has 34 heavy (non-hydrogen) atoms. The normalized spacial score (nSPS) is 16.5. The van der Waals surface area contributed by atoms with Crippen molar-refractivity contribution in [2.24, 2.45) is 0 Å². The van der Waals surface area contributed by atoms with Crippen LogP contribution in [0.15, 0.2) is 48.5 Å². The number of hydrogen-bond acceptors (Lipinski definition) is 6. The predicted octanol–water partition coefficient (Wildman–Crippen LogP) is 2.79. The van der Waals surface area contributed by atoms with Crippen molar-refractivity contribution >= 4 is 33.2 Å². The lowest BCUT2D eigenvalue weighted by Crippen LogP contribution is -2.45. The quantitative estimate of drug-likeness (QED) is 0.531. The average Bonchev–Trinajstić information content (AvgIpc) is 3.32. The Balaban J connectivity index is 1.76. The zero-order chi connectivity index (χ0) is 24.7. The third-order valence-corrected chi connectivity index (χ3v) is 6.68. The molecule has 0 radical (unpaired) electrons. The fourth-order valence-electron chi connectivity index (χ4n) is 3.80. The fourth-order valence-corrected chi connectivity index (χ4v) is 4.97. The predicted molar refractivity (Wildman–Crippen MR) is 131 cm³/mol. The van der Waals surface area contributed by atoms with Gasteiger partial charge in [0, 0.05) is 13.2 Å². The summed E-state index contributed by atoms with van der Waals surface area (Å²) in [5.41, 5.74) is 0.911. The number of anilines is 2. The molecule has 2 N–H and O–H groups in total. The summed E-state index contributed by atoms with van der Waals surface area (Å²) in [6.07, 6.45) is 2.89. The van der Waals surface area contributed by atoms with Crippen LogP contribution in [-0.2, 0) is 19.6 Å². The standard InChI is InChI=1S/C24H31N3O6S/c1-4-32-19-13-11-18(12-14-19)27(34(3,30)31)17(2)23(28)26-22-10-6-5-9-21(22)24(29)25-16-20-8-7-15-33-20/h5-6,9-14,17,20H,4,7-8,15-16H2,1-3H3,(H,25,29)(H,26,28)/t17-,20+/m1/s1. The van der Waals surface area contributed by atoms with Gasteiger partial charge in [-0.15, -0.1) is 0 Å². The van der Waals surface area contributed by atoms with Gasteiger partial charge in [-0.3, -0.25) is 13.9 Å². The largest absolute Gasteiger partial charge is 0.494 e. The lowest BCUT2D eigenvalue weighted by Gasteiger charge is -2.28. The molecule has 2 atom stereocenters. The van der Waals surface area contributed by atoms with E-state index in [0.717, 1.165) is 23.4 Å². The van der Waals surface area contributed by atoms with Gasteiger partial charge in [0.1, 0.15) is 11.8 Å². The van der Waals surface area contributed by atoms with Crippen LogP contribution in [0.25, 0.3) is 0 Å². The Morgan fingerprint density at radius 2 is 1.88 bits per heavy atom. The summed E-state index contributed by atoms with van der Waals surface area (Å²) in [5, 5.41) is 5.55. The van der Waals surface area contributed by atoms with Gasteiger partial charge < -0.3 is 20.1 Å². The molecule has 1 saturated heterocycles. The van der Waals surface area contributed by atoms with E-state index in [-0.39, 0.29) is 17.6 Å². The molecular formula is C24H31N3O6S. The molecule has 0 spiro atoms. The van der Waals surface area contributed by atoms with E-state index in [2.05, 4.69) is 10.6 Å². The lowest BCUT2D eigenvalue weighted by molar-refractivity contribution is -0.116. The third kappa shape index (κ3) is 6.48. The minimum atomic E-state index is -3.79. The zero-order valence-electron chi connectivity index (χ0n) is 19.6. The molecule has 2 aromatic carbocycles. The van der Waals surface area contributed by atoms with Gasteiger partial charge in [-0.25, -0.2) is 8.42 Å². The SMILES string of the molecule is CCOc1ccc(N([C@H](C)C(=O)Nc2ccccc2C(=O)NC[C@@H]2CCCO2)S(C)(=O)=O)cc1. The molecule has 1 heterocycles. The van der Waals surface area contributed by atoms with Crippen LogP contribution in [0.1, 0.15) is 37.0 Å². The molecular weight excluding hydrogens is 458 g/mol. The molecule has 2 amide bonds. The van der Waals surface area contributed by atoms with E-state index in [1.807, 2.05) is 6.92 Å². The topological polar surface area (TPSA) is 114 Å². The van der Waals surface area contributed by atoms with Crippen molar-refractivity contribution in [3.8, 4) is 5.75 Å². The number of hydrogen-bond donors (Lipinski definition) is 2. The highest BCUT2D eigenvalue weighted by molar-refractivity contribution is 7.92. The Morgan fingerprint density at radius 3 is 2.50 bits per heavy atom. The van der Waals surface area contributed by atoms with Crippen LogP contribution < -0.4 is 19.7 Å². The first-order valence-electron chi connectivity index (χ1n) is 11.2. The van der Waals surface area contributed by atoms with E-state index >= 15 is 0 Å². The number of sulfonamides is 1. The summed E-state index contributed by atoms with van der Waals surface area (Å²) in [7, 11) is -3.79. The Hall–Kier alpha value is -3.11. The summed E-state index contributed by atoms with van der Waals surface area (Å²) >= 11 is 0. The molecule has 0 aliphatic carbocycles. The molecule has 1 aliphatic rings. The van der Waals surface area contributed by atoms with Crippen LogP contribution >= 0.6 is 0 Å². The molecule has 2 aromatic rings. The van der Waals surface area contributed by atoms with Crippen LogP contribution in [0.5, 0.6) is 5.75 Å². The number of carbonyl (C=O) groups is 2. The number of ether oxygens (including phenoxy) is 2. The maximum Gasteiger partial charge on any atom is 0.253 e. The van der Waals surface area contributed by atoms with Gasteiger partial charge in [0.15, 0.2) is 0 Å². The second-order valence-corrected chi connectivity index (χ2v) is 9.90. The lowest BCUT2D eigenvalue weighted by atomic mass is 10.1. The van der Waals surface area contributed by atoms with E-state index in [9.17, 15) is 18.0 Å². The molecule has 3 rings (SSSR count). The monoisotopic (exact) mass is 489 g/mol. The van der Waals surface area contributed by atoms with Gasteiger partial charge in [-0.2, -0.15) is 0 Å². The van der Waals surface area contributed by atoms with Crippen LogP contribution in [0.4, 0.5) is 11.4 Å². The highest BCUT2D eigenvalue weighted by atomic mass is 32.2. The number of carbonyl (C=O) groups excluding carboxylic acids is 2. The van der Waals surface area contributed by atoms with Gasteiger partial charge in [0.05, 0.1) is 35.9 Å². The first-order valence-corrected chi connectivity index (χ1v) is 13.1. The highest BCUT2D eigenvalue weighted by Gasteiger charge is 2.30. The van der Waals surface area contributed by atoms with Crippen molar-refractivity contribution in [3.05, 3.63) is 54.1 Å². The van der Waals surface area contributed by atoms with Gasteiger partial charge in [0.25, 0.3) is 5.91 Å². The van der Waals surface area contributed by atoms with Crippen LogP contribution in [0.2, 0.25) is 0 Å². The van der Waals surface area contributed by atoms with Gasteiger partial charge in [0.2, 0.25) is 15.9 Å². The Kier molecular flexibility index (Phi) is 8.51. The van der Waals surface area contributed by atoms with Crippen molar-refractivity contribution in [3.63, 3.8) is 0 Å². The second kappa shape index (κ2) is 11.3. The fraction of sp³-hybridized carbons (Fsp3) is 0.417. The van der Waals surface area contributed by atoms with E-state index < -0.39 is 22.0 Å². The van der Waals surface area contributed by atoms with E-state index in [0.29, 0.717) is 36.9 Å². The summed E-state index contributed by atoms with van der Waals surface area (Å²) in [6.45, 7) is 4.90. The number of para-hydroxylation sites is 1. The maximum absolute atomic E-state index is 13.1. The van der Waals surface area contributed by atoms with Gasteiger partial charge >= 0.3 is 0 Å². The Morgan fingerprint density at radius 1 is 1.18 bits per heavy atom. The molecule has 0 saturated carbocycles. The molecule has 10 heteroatoms. The van der Waals surface area contributed by atoms with Crippen LogP contribution in [0.3, 0.4) is 0 Å². The molecule has 0 aromatic heterocycles. The zero-order valence-corrected chi connectivity index (χ0v) is 20.4. The minimum absolute atomic E-state index is 0.0110. The van der Waals surface area contributed by atoms with Crippen LogP contribution in [-0.4, -0.2) is 58.4 Å². The van der Waals surface area contributed by atoms with Crippen molar-refractivity contribution < 1.29 is 27.5 Å².